The zero-order valence-electron chi connectivity index (χ0n) is 18.8. The number of aryl methyl sites for hydroxylation is 4. The molecule has 0 unspecified atom stereocenters. The van der Waals surface area contributed by atoms with Crippen molar-refractivity contribution < 1.29 is 0 Å². The van der Waals surface area contributed by atoms with E-state index >= 15 is 0 Å². The largest absolute Gasteiger partial charge is 0.367 e. The molecule has 0 atom stereocenters. The molecule has 0 aliphatic carbocycles. The van der Waals surface area contributed by atoms with Gasteiger partial charge in [-0.3, -0.25) is 0 Å². The van der Waals surface area contributed by atoms with Crippen LogP contribution in [0.15, 0.2) is 30.5 Å². The van der Waals surface area contributed by atoms with Crippen molar-refractivity contribution in [2.24, 2.45) is 5.41 Å². The van der Waals surface area contributed by atoms with E-state index < -0.39 is 0 Å². The van der Waals surface area contributed by atoms with Crippen LogP contribution in [0.3, 0.4) is 0 Å². The van der Waals surface area contributed by atoms with Crippen LogP contribution in [0.4, 0.5) is 11.4 Å². The van der Waals surface area contributed by atoms with E-state index in [1.54, 1.807) is 4.88 Å². The highest BCUT2D eigenvalue weighted by molar-refractivity contribution is 7.12. The van der Waals surface area contributed by atoms with Gasteiger partial charge in [0.05, 0.1) is 0 Å². The van der Waals surface area contributed by atoms with E-state index in [4.69, 9.17) is 0 Å². The SMILES string of the molecule is C=C(CC(C)(C)C)N(C)c1c(C)cc(N2CCCc3sc(C)cc3C2)cc1C. The number of fused-ring (bicyclic) bond motifs is 1. The molecule has 0 bridgehead atoms. The number of allylic oxidation sites excluding steroid dienone is 1. The monoisotopic (exact) mass is 396 g/mol. The topological polar surface area (TPSA) is 6.48 Å². The summed E-state index contributed by atoms with van der Waals surface area (Å²) in [7, 11) is 2.16. The molecule has 152 valence electrons. The molecule has 2 heterocycles. The Balaban J connectivity index is 1.86. The molecule has 1 aromatic heterocycles. The Morgan fingerprint density at radius 2 is 1.79 bits per heavy atom. The summed E-state index contributed by atoms with van der Waals surface area (Å²) in [4.78, 5) is 7.88. The molecule has 0 amide bonds. The van der Waals surface area contributed by atoms with Crippen LogP contribution in [0.5, 0.6) is 0 Å². The molecule has 0 saturated carbocycles. The maximum Gasteiger partial charge on any atom is 0.0466 e. The van der Waals surface area contributed by atoms with Gasteiger partial charge in [0, 0.05) is 47.0 Å². The van der Waals surface area contributed by atoms with Crippen molar-refractivity contribution >= 4 is 22.7 Å². The molecule has 0 N–H and O–H groups in total. The van der Waals surface area contributed by atoms with Gasteiger partial charge in [0.2, 0.25) is 0 Å². The van der Waals surface area contributed by atoms with Gasteiger partial charge in [0.25, 0.3) is 0 Å². The van der Waals surface area contributed by atoms with Crippen molar-refractivity contribution in [3.05, 3.63) is 56.9 Å². The van der Waals surface area contributed by atoms with Gasteiger partial charge in [-0.2, -0.15) is 0 Å². The summed E-state index contributed by atoms with van der Waals surface area (Å²) in [5.41, 5.74) is 8.27. The first-order valence-electron chi connectivity index (χ1n) is 10.4. The summed E-state index contributed by atoms with van der Waals surface area (Å²) < 4.78 is 0. The fraction of sp³-hybridized carbons (Fsp3) is 0.520. The molecule has 0 spiro atoms. The number of benzene rings is 1. The van der Waals surface area contributed by atoms with Crippen LogP contribution in [0.1, 0.15) is 60.1 Å². The summed E-state index contributed by atoms with van der Waals surface area (Å²) >= 11 is 1.98. The minimum atomic E-state index is 0.246. The standard InChI is InChI=1S/C25H36N2S/c1-17-12-22(27-11-9-10-23-21(16-27)14-20(4)28-23)13-18(2)24(17)26(8)19(3)15-25(5,6)7/h12-14H,3,9-11,15-16H2,1-2,4-8H3. The average Bonchev–Trinajstić information content (AvgIpc) is 2.79. The molecule has 1 aliphatic heterocycles. The van der Waals surface area contributed by atoms with E-state index in [0.717, 1.165) is 19.5 Å². The van der Waals surface area contributed by atoms with Gasteiger partial charge in [-0.15, -0.1) is 11.3 Å². The minimum Gasteiger partial charge on any atom is -0.367 e. The van der Waals surface area contributed by atoms with Gasteiger partial charge in [0.15, 0.2) is 0 Å². The van der Waals surface area contributed by atoms with Crippen molar-refractivity contribution in [3.8, 4) is 0 Å². The number of hydrogen-bond acceptors (Lipinski definition) is 3. The maximum absolute atomic E-state index is 4.37. The van der Waals surface area contributed by atoms with E-state index in [9.17, 15) is 0 Å². The fourth-order valence-corrected chi connectivity index (χ4v) is 5.52. The predicted molar refractivity (Wildman–Crippen MR) is 126 cm³/mol. The molecule has 0 fully saturated rings. The Kier molecular flexibility index (Phi) is 5.95. The van der Waals surface area contributed by atoms with Crippen LogP contribution in [0.25, 0.3) is 0 Å². The van der Waals surface area contributed by atoms with Crippen LogP contribution in [0.2, 0.25) is 0 Å². The zero-order valence-corrected chi connectivity index (χ0v) is 19.6. The molecule has 0 radical (unpaired) electrons. The molecule has 28 heavy (non-hydrogen) atoms. The van der Waals surface area contributed by atoms with Crippen LogP contribution in [-0.2, 0) is 13.0 Å². The molecular formula is C25H36N2S. The van der Waals surface area contributed by atoms with Crippen LogP contribution in [0, 0.1) is 26.2 Å². The lowest BCUT2D eigenvalue weighted by molar-refractivity contribution is 0.406. The Morgan fingerprint density at radius 1 is 1.14 bits per heavy atom. The van der Waals surface area contributed by atoms with Crippen LogP contribution >= 0.6 is 11.3 Å². The van der Waals surface area contributed by atoms with E-state index in [1.807, 2.05) is 11.3 Å². The van der Waals surface area contributed by atoms with Crippen molar-refractivity contribution in [3.63, 3.8) is 0 Å². The molecule has 1 aromatic carbocycles. The average molecular weight is 397 g/mol. The summed E-state index contributed by atoms with van der Waals surface area (Å²) in [5, 5.41) is 0. The fourth-order valence-electron chi connectivity index (χ4n) is 4.43. The zero-order chi connectivity index (χ0) is 20.6. The third-order valence-electron chi connectivity index (χ3n) is 5.60. The summed E-state index contributed by atoms with van der Waals surface area (Å²) in [6, 6.07) is 7.12. The van der Waals surface area contributed by atoms with E-state index in [1.165, 1.54) is 51.5 Å². The number of rotatable bonds is 4. The predicted octanol–water partition coefficient (Wildman–Crippen LogP) is 7.01. The second-order valence-electron chi connectivity index (χ2n) is 9.62. The van der Waals surface area contributed by atoms with Crippen molar-refractivity contribution in [1.82, 2.24) is 0 Å². The first-order chi connectivity index (χ1) is 13.0. The molecule has 3 heteroatoms. The Bertz CT molecular complexity index is 846. The number of nitrogens with zero attached hydrogens (tertiary/aromatic N) is 2. The van der Waals surface area contributed by atoms with Crippen molar-refractivity contribution in [1.29, 1.82) is 0 Å². The molecule has 0 saturated heterocycles. The summed E-state index contributed by atoms with van der Waals surface area (Å²) in [6.07, 6.45) is 3.45. The number of thiophene rings is 1. The Hall–Kier alpha value is -1.74. The molecule has 2 aromatic rings. The van der Waals surface area contributed by atoms with Gasteiger partial charge in [-0.25, -0.2) is 0 Å². The summed E-state index contributed by atoms with van der Waals surface area (Å²) in [6.45, 7) is 20.1. The van der Waals surface area contributed by atoms with E-state index in [2.05, 4.69) is 83.2 Å². The van der Waals surface area contributed by atoms with Gasteiger partial charge < -0.3 is 9.80 Å². The first-order valence-corrected chi connectivity index (χ1v) is 11.2. The van der Waals surface area contributed by atoms with Crippen molar-refractivity contribution in [2.75, 3.05) is 23.4 Å². The lowest BCUT2D eigenvalue weighted by atomic mass is 9.90. The molecule has 1 aliphatic rings. The van der Waals surface area contributed by atoms with E-state index in [0.29, 0.717) is 0 Å². The quantitative estimate of drug-likeness (QED) is 0.548. The third-order valence-corrected chi connectivity index (χ3v) is 6.75. The van der Waals surface area contributed by atoms with E-state index in [-0.39, 0.29) is 5.41 Å². The molecule has 3 rings (SSSR count). The van der Waals surface area contributed by atoms with Gasteiger partial charge in [-0.05, 0) is 80.3 Å². The minimum absolute atomic E-state index is 0.246. The van der Waals surface area contributed by atoms with Gasteiger partial charge in [-0.1, -0.05) is 27.4 Å². The third kappa shape index (κ3) is 4.63. The van der Waals surface area contributed by atoms with Crippen molar-refractivity contribution in [2.45, 2.75) is 67.3 Å². The normalized spacial score (nSPS) is 14.6. The van der Waals surface area contributed by atoms with Crippen LogP contribution in [-0.4, -0.2) is 13.6 Å². The van der Waals surface area contributed by atoms with Gasteiger partial charge in [0.1, 0.15) is 0 Å². The lowest BCUT2D eigenvalue weighted by Gasteiger charge is -2.31. The molecular weight excluding hydrogens is 360 g/mol. The number of hydrogen-bond donors (Lipinski definition) is 0. The van der Waals surface area contributed by atoms with Gasteiger partial charge >= 0.3 is 0 Å². The number of anilines is 2. The second-order valence-corrected chi connectivity index (χ2v) is 11.0. The second kappa shape index (κ2) is 7.94. The Labute approximate surface area is 175 Å². The Morgan fingerprint density at radius 3 is 2.39 bits per heavy atom. The smallest absolute Gasteiger partial charge is 0.0466 e. The highest BCUT2D eigenvalue weighted by Crippen LogP contribution is 2.36. The first kappa shape index (κ1) is 21.0. The highest BCUT2D eigenvalue weighted by Gasteiger charge is 2.21. The van der Waals surface area contributed by atoms with Crippen LogP contribution < -0.4 is 9.80 Å². The maximum atomic E-state index is 4.37. The molecule has 2 nitrogen and oxygen atoms in total. The highest BCUT2D eigenvalue weighted by atomic mass is 32.1. The summed E-state index contributed by atoms with van der Waals surface area (Å²) in [5.74, 6) is 0. The lowest BCUT2D eigenvalue weighted by Crippen LogP contribution is -2.24.